The number of aromatic nitrogens is 4. The molecule has 0 unspecified atom stereocenters. The molecular formula is C27H20FN5O2. The molecule has 3 aromatic carbocycles. The lowest BCUT2D eigenvalue weighted by atomic mass is 10.1. The van der Waals surface area contributed by atoms with Crippen LogP contribution in [0.2, 0.25) is 0 Å². The topological polar surface area (TPSA) is 92.7 Å². The zero-order valence-corrected chi connectivity index (χ0v) is 18.7. The van der Waals surface area contributed by atoms with Crippen LogP contribution < -0.4 is 10.9 Å². The molecule has 0 bridgehead atoms. The quantitative estimate of drug-likeness (QED) is 0.383. The summed E-state index contributed by atoms with van der Waals surface area (Å²) in [6.07, 6.45) is 1.63. The van der Waals surface area contributed by atoms with Crippen LogP contribution >= 0.6 is 0 Å². The molecule has 0 spiro atoms. The van der Waals surface area contributed by atoms with E-state index in [-0.39, 0.29) is 17.3 Å². The van der Waals surface area contributed by atoms with E-state index in [4.69, 9.17) is 0 Å². The molecule has 0 atom stereocenters. The van der Waals surface area contributed by atoms with Crippen LogP contribution in [0.3, 0.4) is 0 Å². The van der Waals surface area contributed by atoms with Crippen LogP contribution in [0.15, 0.2) is 95.9 Å². The van der Waals surface area contributed by atoms with Gasteiger partial charge in [0, 0.05) is 29.1 Å². The largest absolute Gasteiger partial charge is 0.322 e. The Morgan fingerprint density at radius 2 is 1.71 bits per heavy atom. The number of carbonyl (C=O) groups excluding carboxylic acids is 1. The summed E-state index contributed by atoms with van der Waals surface area (Å²) in [6.45, 7) is 1.98. The lowest BCUT2D eigenvalue weighted by Crippen LogP contribution is -2.12. The number of nitrogens with one attached hydrogen (secondary N) is 2. The number of hydrogen-bond acceptors (Lipinski definition) is 4. The van der Waals surface area contributed by atoms with Crippen LogP contribution in [-0.2, 0) is 0 Å². The fourth-order valence-corrected chi connectivity index (χ4v) is 3.65. The van der Waals surface area contributed by atoms with E-state index in [0.717, 1.165) is 16.7 Å². The number of carbonyl (C=O) groups is 1. The molecule has 0 radical (unpaired) electrons. The molecule has 0 aliphatic heterocycles. The van der Waals surface area contributed by atoms with Crippen molar-refractivity contribution in [1.29, 1.82) is 0 Å². The van der Waals surface area contributed by atoms with Gasteiger partial charge in [-0.2, -0.15) is 10.2 Å². The van der Waals surface area contributed by atoms with Gasteiger partial charge in [0.2, 0.25) is 0 Å². The highest BCUT2D eigenvalue weighted by Gasteiger charge is 2.19. The molecule has 5 rings (SSSR count). The second kappa shape index (κ2) is 9.18. The van der Waals surface area contributed by atoms with Crippen molar-refractivity contribution in [2.24, 2.45) is 0 Å². The van der Waals surface area contributed by atoms with Gasteiger partial charge in [-0.25, -0.2) is 14.2 Å². The monoisotopic (exact) mass is 465 g/mol. The summed E-state index contributed by atoms with van der Waals surface area (Å²) in [5.74, 6) is -0.699. The number of rotatable bonds is 5. The number of hydrogen-bond donors (Lipinski definition) is 2. The number of aryl methyl sites for hydroxylation is 1. The molecule has 5 aromatic rings. The minimum absolute atomic E-state index is 0.292. The summed E-state index contributed by atoms with van der Waals surface area (Å²) in [5, 5.41) is 14.0. The first kappa shape index (κ1) is 22.0. The zero-order chi connectivity index (χ0) is 24.4. The van der Waals surface area contributed by atoms with Crippen LogP contribution in [0.1, 0.15) is 15.9 Å². The Balaban J connectivity index is 1.50. The van der Waals surface area contributed by atoms with Crippen molar-refractivity contribution in [3.63, 3.8) is 0 Å². The number of aromatic amines is 1. The second-order valence-electron chi connectivity index (χ2n) is 8.02. The third-order valence-corrected chi connectivity index (χ3v) is 5.47. The van der Waals surface area contributed by atoms with Crippen molar-refractivity contribution in [3.8, 4) is 28.2 Å². The molecular weight excluding hydrogens is 445 g/mol. The summed E-state index contributed by atoms with van der Waals surface area (Å²) in [5.41, 5.74) is 4.95. The first-order valence-electron chi connectivity index (χ1n) is 10.9. The van der Waals surface area contributed by atoms with Crippen LogP contribution in [0.5, 0.6) is 0 Å². The Kier molecular flexibility index (Phi) is 5.76. The number of anilines is 1. The number of benzene rings is 3. The summed E-state index contributed by atoms with van der Waals surface area (Å²) in [7, 11) is 0. The van der Waals surface area contributed by atoms with Crippen LogP contribution in [0, 0.1) is 12.7 Å². The highest BCUT2D eigenvalue weighted by Crippen LogP contribution is 2.26. The minimum Gasteiger partial charge on any atom is -0.322 e. The van der Waals surface area contributed by atoms with E-state index in [2.05, 4.69) is 20.6 Å². The Morgan fingerprint density at radius 3 is 2.43 bits per heavy atom. The molecule has 0 aliphatic carbocycles. The maximum absolute atomic E-state index is 13.4. The summed E-state index contributed by atoms with van der Waals surface area (Å²) in [6, 6.07) is 23.8. The van der Waals surface area contributed by atoms with Crippen LogP contribution in [0.25, 0.3) is 28.2 Å². The van der Waals surface area contributed by atoms with Crippen molar-refractivity contribution < 1.29 is 9.18 Å². The SMILES string of the molecule is Cc1ccc(-c2nn(-c3ccc(F)cc3)cc2C(=O)Nc2cccc(-c3ccc(=O)[nH]n3)c2)cc1. The van der Waals surface area contributed by atoms with Gasteiger partial charge in [-0.1, -0.05) is 42.0 Å². The van der Waals surface area contributed by atoms with Gasteiger partial charge in [-0.3, -0.25) is 9.59 Å². The van der Waals surface area contributed by atoms with E-state index < -0.39 is 0 Å². The summed E-state index contributed by atoms with van der Waals surface area (Å²) >= 11 is 0. The van der Waals surface area contributed by atoms with E-state index in [1.807, 2.05) is 37.3 Å². The van der Waals surface area contributed by atoms with Gasteiger partial charge in [-0.15, -0.1) is 0 Å². The van der Waals surface area contributed by atoms with E-state index >= 15 is 0 Å². The Bertz CT molecular complexity index is 1550. The predicted octanol–water partition coefficient (Wildman–Crippen LogP) is 4.99. The van der Waals surface area contributed by atoms with Crippen molar-refractivity contribution >= 4 is 11.6 Å². The maximum Gasteiger partial charge on any atom is 0.264 e. The molecule has 2 heterocycles. The van der Waals surface area contributed by atoms with Gasteiger partial charge < -0.3 is 5.32 Å². The molecule has 0 saturated carbocycles. The standard InChI is InChI=1S/C27H20FN5O2/c1-17-5-7-18(8-6-17)26-23(16-33(32-26)22-11-9-20(28)10-12-22)27(35)29-21-4-2-3-19(15-21)24-13-14-25(34)31-30-24/h2-16H,1H3,(H,29,35)(H,31,34). The Labute approximate surface area is 199 Å². The van der Waals surface area contributed by atoms with Gasteiger partial charge in [0.15, 0.2) is 0 Å². The molecule has 1 amide bonds. The van der Waals surface area contributed by atoms with Crippen molar-refractivity contribution in [3.05, 3.63) is 118 Å². The lowest BCUT2D eigenvalue weighted by molar-refractivity contribution is 0.102. The van der Waals surface area contributed by atoms with Crippen molar-refractivity contribution in [2.45, 2.75) is 6.92 Å². The molecule has 0 saturated heterocycles. The number of nitrogens with zero attached hydrogens (tertiary/aromatic N) is 3. The number of H-pyrrole nitrogens is 1. The lowest BCUT2D eigenvalue weighted by Gasteiger charge is -2.08. The number of halogens is 1. The average molecular weight is 465 g/mol. The fraction of sp³-hybridized carbons (Fsp3) is 0.0370. The third kappa shape index (κ3) is 4.77. The zero-order valence-electron chi connectivity index (χ0n) is 18.7. The van der Waals surface area contributed by atoms with E-state index in [9.17, 15) is 14.0 Å². The fourth-order valence-electron chi connectivity index (χ4n) is 3.65. The molecule has 0 fully saturated rings. The molecule has 2 aromatic heterocycles. The van der Waals surface area contributed by atoms with E-state index in [1.165, 1.54) is 18.2 Å². The first-order valence-corrected chi connectivity index (χ1v) is 10.9. The second-order valence-corrected chi connectivity index (χ2v) is 8.02. The first-order chi connectivity index (χ1) is 17.0. The predicted molar refractivity (Wildman–Crippen MR) is 132 cm³/mol. The van der Waals surface area contributed by atoms with Gasteiger partial charge in [-0.05, 0) is 49.4 Å². The molecule has 7 nitrogen and oxygen atoms in total. The minimum atomic E-state index is -0.352. The van der Waals surface area contributed by atoms with Crippen LogP contribution in [0.4, 0.5) is 10.1 Å². The van der Waals surface area contributed by atoms with Crippen LogP contribution in [-0.4, -0.2) is 25.9 Å². The smallest absolute Gasteiger partial charge is 0.264 e. The maximum atomic E-state index is 13.4. The Morgan fingerprint density at radius 1 is 0.943 bits per heavy atom. The summed E-state index contributed by atoms with van der Waals surface area (Å²) in [4.78, 5) is 24.7. The molecule has 35 heavy (non-hydrogen) atoms. The third-order valence-electron chi connectivity index (χ3n) is 5.47. The van der Waals surface area contributed by atoms with Gasteiger partial charge in [0.25, 0.3) is 11.5 Å². The number of amides is 1. The van der Waals surface area contributed by atoms with Gasteiger partial charge >= 0.3 is 0 Å². The van der Waals surface area contributed by atoms with Crippen molar-refractivity contribution in [2.75, 3.05) is 5.32 Å². The summed E-state index contributed by atoms with van der Waals surface area (Å²) < 4.78 is 15.0. The molecule has 8 heteroatoms. The molecule has 2 N–H and O–H groups in total. The average Bonchev–Trinajstić information content (AvgIpc) is 3.31. The van der Waals surface area contributed by atoms with Gasteiger partial charge in [0.05, 0.1) is 16.9 Å². The van der Waals surface area contributed by atoms with Gasteiger partial charge in [0.1, 0.15) is 11.5 Å². The van der Waals surface area contributed by atoms with E-state index in [0.29, 0.717) is 28.3 Å². The normalized spacial score (nSPS) is 10.8. The highest BCUT2D eigenvalue weighted by molar-refractivity contribution is 6.08. The Hall–Kier alpha value is -4.85. The highest BCUT2D eigenvalue weighted by atomic mass is 19.1. The molecule has 172 valence electrons. The molecule has 0 aliphatic rings. The van der Waals surface area contributed by atoms with E-state index in [1.54, 1.807) is 47.3 Å². The van der Waals surface area contributed by atoms with Crippen molar-refractivity contribution in [1.82, 2.24) is 20.0 Å².